The molecule has 1 N–H and O–H groups in total. The van der Waals surface area contributed by atoms with Crippen molar-refractivity contribution in [3.05, 3.63) is 107 Å². The van der Waals surface area contributed by atoms with E-state index in [1.165, 1.54) is 23.0 Å². The second kappa shape index (κ2) is 12.5. The van der Waals surface area contributed by atoms with Crippen LogP contribution in [0.15, 0.2) is 85.0 Å². The number of carbonyl (C=O) groups is 4. The summed E-state index contributed by atoms with van der Waals surface area (Å²) >= 11 is 7.89. The molecule has 55 heavy (non-hydrogen) atoms. The highest BCUT2D eigenvalue weighted by Crippen LogP contribution is 2.64. The van der Waals surface area contributed by atoms with Gasteiger partial charge in [-0.3, -0.25) is 28.8 Å². The number of anilines is 2. The molecule has 3 aromatic carbocycles. The molecule has 278 valence electrons. The molecule has 10 nitrogen and oxygen atoms in total. The van der Waals surface area contributed by atoms with Crippen LogP contribution < -0.4 is 14.5 Å². The maximum atomic E-state index is 15.1. The topological polar surface area (TPSA) is 122 Å². The molecule has 2 saturated heterocycles. The number of benzene rings is 3. The molecular weight excluding hydrogens is 736 g/mol. The number of aryl methyl sites for hydroxylation is 2. The molecule has 9 rings (SSSR count). The zero-order chi connectivity index (χ0) is 38.7. The number of halogens is 1. The van der Waals surface area contributed by atoms with Gasteiger partial charge in [0, 0.05) is 28.8 Å². The van der Waals surface area contributed by atoms with Crippen LogP contribution in [0.1, 0.15) is 42.4 Å². The predicted octanol–water partition coefficient (Wildman–Crippen LogP) is 8.06. The fraction of sp³-hybridized carbons (Fsp3) is 0.279. The van der Waals surface area contributed by atoms with Crippen LogP contribution in [0.2, 0.25) is 5.02 Å². The van der Waals surface area contributed by atoms with E-state index in [9.17, 15) is 19.5 Å². The van der Waals surface area contributed by atoms with Crippen LogP contribution in [0.4, 0.5) is 11.5 Å². The summed E-state index contributed by atoms with van der Waals surface area (Å²) in [7, 11) is 3.17. The molecule has 4 aliphatic rings. The van der Waals surface area contributed by atoms with Gasteiger partial charge in [0.25, 0.3) is 0 Å². The summed E-state index contributed by atoms with van der Waals surface area (Å²) in [4.78, 5) is 62.0. The second-order valence-corrected chi connectivity index (χ2v) is 16.6. The van der Waals surface area contributed by atoms with Crippen LogP contribution in [0.25, 0.3) is 26.7 Å². The van der Waals surface area contributed by atoms with Gasteiger partial charge in [-0.2, -0.15) is 5.10 Å². The van der Waals surface area contributed by atoms with Crippen molar-refractivity contribution in [2.45, 2.75) is 32.6 Å². The fourth-order valence-electron chi connectivity index (χ4n) is 9.72. The first kappa shape index (κ1) is 35.2. The molecule has 2 aliphatic carbocycles. The van der Waals surface area contributed by atoms with Crippen molar-refractivity contribution < 1.29 is 29.0 Å². The molecule has 6 unspecified atom stereocenters. The Labute approximate surface area is 326 Å². The third-order valence-electron chi connectivity index (χ3n) is 12.4. The Bertz CT molecular complexity index is 2550. The summed E-state index contributed by atoms with van der Waals surface area (Å²) < 4.78 is 8.13. The number of thiophene rings is 1. The third kappa shape index (κ3) is 4.95. The van der Waals surface area contributed by atoms with E-state index in [1.54, 1.807) is 59.5 Å². The van der Waals surface area contributed by atoms with Crippen molar-refractivity contribution in [1.82, 2.24) is 9.78 Å². The Morgan fingerprint density at radius 1 is 0.982 bits per heavy atom. The predicted molar refractivity (Wildman–Crippen MR) is 212 cm³/mol. The fourth-order valence-corrected chi connectivity index (χ4v) is 11.0. The van der Waals surface area contributed by atoms with Gasteiger partial charge in [-0.1, -0.05) is 54.1 Å². The number of rotatable bonds is 6. The number of nitrogens with zero attached hydrogens (tertiary/aromatic N) is 4. The normalized spacial score (nSPS) is 26.0. The van der Waals surface area contributed by atoms with Crippen molar-refractivity contribution in [2.24, 2.45) is 36.1 Å². The Hall–Kier alpha value is -5.52. The van der Waals surface area contributed by atoms with Gasteiger partial charge in [0.2, 0.25) is 23.6 Å². The number of amides is 4. The monoisotopic (exact) mass is 772 g/mol. The van der Waals surface area contributed by atoms with Crippen LogP contribution in [0, 0.1) is 36.0 Å². The number of allylic oxidation sites excluding steroid dienone is 2. The SMILES string of the molecule is C=Cc1ccc(N2C(=O)C3CC=C4C(CC5C(=O)N(c6cc(-c7sc8ccc(Cl)cc8c7C)nn6C)C(=O)C5(C)C4c4ccc(O)c(OC)c4)C3C2=O)cc1. The molecule has 0 spiro atoms. The van der Waals surface area contributed by atoms with Crippen LogP contribution in [-0.4, -0.2) is 45.6 Å². The van der Waals surface area contributed by atoms with Crippen LogP contribution >= 0.6 is 22.9 Å². The molecule has 1 saturated carbocycles. The first-order chi connectivity index (χ1) is 26.4. The smallest absolute Gasteiger partial charge is 0.242 e. The molecule has 2 aromatic heterocycles. The van der Waals surface area contributed by atoms with Crippen molar-refractivity contribution in [3.8, 4) is 22.1 Å². The van der Waals surface area contributed by atoms with E-state index in [0.717, 1.165) is 31.7 Å². The van der Waals surface area contributed by atoms with Gasteiger partial charge < -0.3 is 9.84 Å². The second-order valence-electron chi connectivity index (χ2n) is 15.1. The van der Waals surface area contributed by atoms with Gasteiger partial charge in [0.15, 0.2) is 11.5 Å². The molecule has 5 aromatic rings. The molecule has 2 aliphatic heterocycles. The number of ether oxygens (including phenoxy) is 1. The Balaban J connectivity index is 1.15. The number of aromatic hydroxyl groups is 1. The van der Waals surface area contributed by atoms with E-state index >= 15 is 4.79 Å². The first-order valence-corrected chi connectivity index (χ1v) is 19.3. The number of hydrogen-bond donors (Lipinski definition) is 1. The van der Waals surface area contributed by atoms with Gasteiger partial charge in [-0.25, -0.2) is 4.90 Å². The van der Waals surface area contributed by atoms with Gasteiger partial charge in [0.05, 0.1) is 40.8 Å². The number of phenols is 1. The van der Waals surface area contributed by atoms with Crippen LogP contribution in [0.5, 0.6) is 11.5 Å². The number of hydrogen-bond acceptors (Lipinski definition) is 8. The van der Waals surface area contributed by atoms with Crippen molar-refractivity contribution in [1.29, 1.82) is 0 Å². The molecular formula is C43H37ClN4O6S. The number of aromatic nitrogens is 2. The van der Waals surface area contributed by atoms with Crippen LogP contribution in [-0.2, 0) is 26.2 Å². The summed E-state index contributed by atoms with van der Waals surface area (Å²) in [6.07, 6.45) is 4.22. The van der Waals surface area contributed by atoms with Crippen molar-refractivity contribution in [3.63, 3.8) is 0 Å². The minimum atomic E-state index is -1.28. The van der Waals surface area contributed by atoms with E-state index in [2.05, 4.69) is 6.58 Å². The molecule has 4 amide bonds. The highest BCUT2D eigenvalue weighted by Gasteiger charge is 2.68. The van der Waals surface area contributed by atoms with Gasteiger partial charge in [0.1, 0.15) is 11.5 Å². The number of fused-ring (bicyclic) bond motifs is 5. The van der Waals surface area contributed by atoms with Gasteiger partial charge in [-0.15, -0.1) is 11.3 Å². The maximum Gasteiger partial charge on any atom is 0.242 e. The number of carbonyl (C=O) groups excluding carboxylic acids is 4. The third-order valence-corrected chi connectivity index (χ3v) is 13.9. The zero-order valence-electron chi connectivity index (χ0n) is 30.6. The van der Waals surface area contributed by atoms with E-state index < -0.39 is 35.0 Å². The maximum absolute atomic E-state index is 15.1. The lowest BCUT2D eigenvalue weighted by molar-refractivity contribution is -0.131. The number of imide groups is 2. The minimum Gasteiger partial charge on any atom is -0.504 e. The standard InChI is InChI=1S/C43H37ClN4O6S/c1-6-22-7-11-25(12-8-22)47-39(50)27-14-13-26-29(36(27)41(47)52)19-30-40(51)48(42(53)43(30,3)37(26)23-9-15-32(49)33(17-23)54-5)35-20-31(45-46(35)4)38-21(2)28-18-24(44)10-16-34(28)55-38/h6-13,15-18,20,27,29-30,36-37,49H,1,14,19H2,2-5H3. The zero-order valence-corrected chi connectivity index (χ0v) is 32.1. The average Bonchev–Trinajstić information content (AvgIpc) is 3.85. The van der Waals surface area contributed by atoms with Gasteiger partial charge in [-0.05, 0) is 97.1 Å². The Morgan fingerprint density at radius 2 is 1.75 bits per heavy atom. The van der Waals surface area contributed by atoms with E-state index in [-0.39, 0.29) is 41.5 Å². The number of methoxy groups -OCH3 is 1. The number of phenolic OH excluding ortho intramolecular Hbond substituents is 1. The molecule has 6 atom stereocenters. The highest BCUT2D eigenvalue weighted by atomic mass is 35.5. The molecule has 12 heteroatoms. The largest absolute Gasteiger partial charge is 0.504 e. The van der Waals surface area contributed by atoms with Crippen molar-refractivity contribution in [2.75, 3.05) is 16.9 Å². The first-order valence-electron chi connectivity index (χ1n) is 18.2. The van der Waals surface area contributed by atoms with E-state index in [1.807, 2.05) is 50.3 Å². The van der Waals surface area contributed by atoms with Gasteiger partial charge >= 0.3 is 0 Å². The average molecular weight is 773 g/mol. The summed E-state index contributed by atoms with van der Waals surface area (Å²) in [5.41, 5.74) is 3.20. The quantitative estimate of drug-likeness (QED) is 0.137. The lowest BCUT2D eigenvalue weighted by Gasteiger charge is -2.49. The summed E-state index contributed by atoms with van der Waals surface area (Å²) in [5, 5.41) is 17.0. The lowest BCUT2D eigenvalue weighted by Crippen LogP contribution is -2.48. The molecule has 0 radical (unpaired) electrons. The lowest BCUT2D eigenvalue weighted by atomic mass is 9.51. The molecule has 0 bridgehead atoms. The summed E-state index contributed by atoms with van der Waals surface area (Å²) in [6, 6.07) is 19.6. The summed E-state index contributed by atoms with van der Waals surface area (Å²) in [5.74, 6) is -4.18. The summed E-state index contributed by atoms with van der Waals surface area (Å²) in [6.45, 7) is 7.64. The van der Waals surface area contributed by atoms with E-state index in [0.29, 0.717) is 34.2 Å². The Morgan fingerprint density at radius 3 is 2.47 bits per heavy atom. The van der Waals surface area contributed by atoms with Crippen LogP contribution in [0.3, 0.4) is 0 Å². The highest BCUT2D eigenvalue weighted by molar-refractivity contribution is 7.22. The minimum absolute atomic E-state index is 0.0654. The van der Waals surface area contributed by atoms with E-state index in [4.69, 9.17) is 21.4 Å². The van der Waals surface area contributed by atoms with Crippen molar-refractivity contribution >= 4 is 74.2 Å². The Kier molecular flexibility index (Phi) is 8.00. The molecule has 4 heterocycles. The molecule has 3 fully saturated rings.